The minimum Gasteiger partial charge on any atom is -0.348 e. The summed E-state index contributed by atoms with van der Waals surface area (Å²) in [5.74, 6) is -0.218. The van der Waals surface area contributed by atoms with Gasteiger partial charge in [-0.15, -0.1) is 0 Å². The van der Waals surface area contributed by atoms with Gasteiger partial charge in [0.15, 0.2) is 0 Å². The number of carbonyl (C=O) groups excluding carboxylic acids is 1. The van der Waals surface area contributed by atoms with Gasteiger partial charge in [0.2, 0.25) is 10.0 Å². The number of nitrogens with zero attached hydrogens (tertiary/aromatic N) is 2. The minimum absolute atomic E-state index is 0.218. The van der Waals surface area contributed by atoms with E-state index in [-0.39, 0.29) is 10.8 Å². The smallest absolute Gasteiger partial charge is 0.253 e. The van der Waals surface area contributed by atoms with Crippen LogP contribution in [0.4, 0.5) is 0 Å². The molecule has 0 aliphatic rings. The average molecular weight is 398 g/mol. The van der Waals surface area contributed by atoms with Crippen molar-refractivity contribution < 1.29 is 13.2 Å². The number of pyridine rings is 1. The van der Waals surface area contributed by atoms with Crippen LogP contribution in [-0.2, 0) is 16.6 Å². The Labute approximate surface area is 165 Å². The topological polar surface area (TPSA) is 79.4 Å². The van der Waals surface area contributed by atoms with Crippen LogP contribution in [0.2, 0.25) is 0 Å². The van der Waals surface area contributed by atoms with E-state index in [2.05, 4.69) is 10.3 Å². The molecule has 0 aliphatic carbocycles. The first kappa shape index (κ1) is 20.0. The second-order valence-electron chi connectivity index (χ2n) is 6.30. The molecule has 0 unspecified atom stereocenters. The number of aromatic nitrogens is 1. The number of nitrogens with one attached hydrogen (secondary N) is 1. The van der Waals surface area contributed by atoms with Crippen LogP contribution in [0.5, 0.6) is 0 Å². The van der Waals surface area contributed by atoms with Gasteiger partial charge in [-0.1, -0.05) is 44.2 Å². The molecule has 6 nitrogen and oxygen atoms in total. The van der Waals surface area contributed by atoms with Crippen LogP contribution in [0.15, 0.2) is 65.7 Å². The van der Waals surface area contributed by atoms with Crippen LogP contribution in [0, 0.1) is 0 Å². The highest BCUT2D eigenvalue weighted by atomic mass is 32.2. The molecule has 1 aromatic heterocycles. The standard InChI is InChI=1S/C21H23N3O3S/c1-3-24(4-2)28(26,27)18-12-10-16(11-13-18)15-23-21(25)19-9-5-7-17-8-6-14-22-20(17)19/h5-14H,3-4,15H2,1-2H3,(H,23,25). The summed E-state index contributed by atoms with van der Waals surface area (Å²) in [4.78, 5) is 17.1. The Balaban J connectivity index is 1.72. The van der Waals surface area contributed by atoms with Gasteiger partial charge in [0.05, 0.1) is 16.0 Å². The molecule has 0 bridgehead atoms. The van der Waals surface area contributed by atoms with Crippen molar-refractivity contribution >= 4 is 26.8 Å². The number of rotatable bonds is 7. The quantitative estimate of drug-likeness (QED) is 0.664. The van der Waals surface area contributed by atoms with E-state index in [1.165, 1.54) is 4.31 Å². The molecule has 146 valence electrons. The highest BCUT2D eigenvalue weighted by Gasteiger charge is 2.21. The summed E-state index contributed by atoms with van der Waals surface area (Å²) >= 11 is 0. The monoisotopic (exact) mass is 397 g/mol. The molecule has 0 spiro atoms. The zero-order valence-corrected chi connectivity index (χ0v) is 16.7. The third-order valence-electron chi connectivity index (χ3n) is 4.60. The Kier molecular flexibility index (Phi) is 6.06. The van der Waals surface area contributed by atoms with E-state index in [4.69, 9.17) is 0 Å². The van der Waals surface area contributed by atoms with Gasteiger partial charge < -0.3 is 5.32 Å². The van der Waals surface area contributed by atoms with Crippen molar-refractivity contribution in [1.82, 2.24) is 14.6 Å². The SMILES string of the molecule is CCN(CC)S(=O)(=O)c1ccc(CNC(=O)c2cccc3cccnc23)cc1. The van der Waals surface area contributed by atoms with E-state index in [1.807, 2.05) is 38.1 Å². The van der Waals surface area contributed by atoms with E-state index in [1.54, 1.807) is 36.5 Å². The summed E-state index contributed by atoms with van der Waals surface area (Å²) in [6, 6.07) is 15.8. The second-order valence-corrected chi connectivity index (χ2v) is 8.23. The summed E-state index contributed by atoms with van der Waals surface area (Å²) < 4.78 is 26.5. The van der Waals surface area contributed by atoms with Crippen LogP contribution in [0.3, 0.4) is 0 Å². The minimum atomic E-state index is -3.48. The lowest BCUT2D eigenvalue weighted by Gasteiger charge is -2.18. The van der Waals surface area contributed by atoms with Gasteiger partial charge in [0, 0.05) is 31.2 Å². The predicted molar refractivity (Wildman–Crippen MR) is 109 cm³/mol. The molecule has 0 saturated heterocycles. The number of fused-ring (bicyclic) bond motifs is 1. The molecule has 1 amide bonds. The van der Waals surface area contributed by atoms with E-state index < -0.39 is 10.0 Å². The van der Waals surface area contributed by atoms with E-state index >= 15 is 0 Å². The molecule has 1 N–H and O–H groups in total. The highest BCUT2D eigenvalue weighted by Crippen LogP contribution is 2.18. The van der Waals surface area contributed by atoms with Gasteiger partial charge >= 0.3 is 0 Å². The molecule has 0 saturated carbocycles. The van der Waals surface area contributed by atoms with Crippen molar-refractivity contribution in [2.24, 2.45) is 0 Å². The van der Waals surface area contributed by atoms with E-state index in [0.717, 1.165) is 10.9 Å². The first-order chi connectivity index (χ1) is 13.5. The molecule has 0 atom stereocenters. The van der Waals surface area contributed by atoms with Crippen molar-refractivity contribution in [2.75, 3.05) is 13.1 Å². The van der Waals surface area contributed by atoms with Crippen molar-refractivity contribution in [3.05, 3.63) is 71.9 Å². The highest BCUT2D eigenvalue weighted by molar-refractivity contribution is 7.89. The fraction of sp³-hybridized carbons (Fsp3) is 0.238. The van der Waals surface area contributed by atoms with Crippen LogP contribution in [0.1, 0.15) is 29.8 Å². The molecule has 7 heteroatoms. The molecular formula is C21H23N3O3S. The number of hydrogen-bond donors (Lipinski definition) is 1. The summed E-state index contributed by atoms with van der Waals surface area (Å²) in [5, 5.41) is 3.78. The predicted octanol–water partition coefficient (Wildman–Crippen LogP) is 3.20. The molecule has 1 heterocycles. The van der Waals surface area contributed by atoms with Gasteiger partial charge in [-0.05, 0) is 29.8 Å². The lowest BCUT2D eigenvalue weighted by atomic mass is 10.1. The summed E-state index contributed by atoms with van der Waals surface area (Å²) in [6.07, 6.45) is 1.66. The Bertz CT molecular complexity index is 1070. The number of para-hydroxylation sites is 1. The van der Waals surface area contributed by atoms with E-state index in [9.17, 15) is 13.2 Å². The second kappa shape index (κ2) is 8.50. The number of benzene rings is 2. The number of amides is 1. The molecule has 3 rings (SSSR count). The Morgan fingerprint density at radius 3 is 2.36 bits per heavy atom. The number of carbonyl (C=O) groups is 1. The lowest BCUT2D eigenvalue weighted by molar-refractivity contribution is 0.0952. The fourth-order valence-electron chi connectivity index (χ4n) is 3.06. The molecule has 0 radical (unpaired) electrons. The van der Waals surface area contributed by atoms with E-state index in [0.29, 0.717) is 30.7 Å². The molecule has 28 heavy (non-hydrogen) atoms. The van der Waals surface area contributed by atoms with Gasteiger partial charge in [-0.2, -0.15) is 4.31 Å². The largest absolute Gasteiger partial charge is 0.348 e. The third kappa shape index (κ3) is 4.05. The Morgan fingerprint density at radius 1 is 1.00 bits per heavy atom. The van der Waals surface area contributed by atoms with Gasteiger partial charge in [0.25, 0.3) is 5.91 Å². The summed E-state index contributed by atoms with van der Waals surface area (Å²) in [5.41, 5.74) is 1.99. The van der Waals surface area contributed by atoms with Crippen molar-refractivity contribution in [1.29, 1.82) is 0 Å². The zero-order valence-electron chi connectivity index (χ0n) is 15.9. The zero-order chi connectivity index (χ0) is 20.1. The van der Waals surface area contributed by atoms with Crippen LogP contribution >= 0.6 is 0 Å². The third-order valence-corrected chi connectivity index (χ3v) is 6.66. The Hall–Kier alpha value is -2.77. The van der Waals surface area contributed by atoms with Crippen LogP contribution in [0.25, 0.3) is 10.9 Å². The van der Waals surface area contributed by atoms with Crippen LogP contribution in [-0.4, -0.2) is 36.7 Å². The van der Waals surface area contributed by atoms with Crippen molar-refractivity contribution in [3.63, 3.8) is 0 Å². The first-order valence-corrected chi connectivity index (χ1v) is 10.6. The fourth-order valence-corrected chi connectivity index (χ4v) is 4.51. The Morgan fingerprint density at radius 2 is 1.68 bits per heavy atom. The molecular weight excluding hydrogens is 374 g/mol. The van der Waals surface area contributed by atoms with Crippen LogP contribution < -0.4 is 5.32 Å². The number of sulfonamides is 1. The van der Waals surface area contributed by atoms with Crippen molar-refractivity contribution in [2.45, 2.75) is 25.3 Å². The molecule has 0 aliphatic heterocycles. The summed E-state index contributed by atoms with van der Waals surface area (Å²) in [6.45, 7) is 4.78. The maximum atomic E-state index is 12.6. The maximum Gasteiger partial charge on any atom is 0.253 e. The molecule has 3 aromatic rings. The number of hydrogen-bond acceptors (Lipinski definition) is 4. The summed E-state index contributed by atoms with van der Waals surface area (Å²) in [7, 11) is -3.48. The first-order valence-electron chi connectivity index (χ1n) is 9.18. The normalized spacial score (nSPS) is 11.7. The molecule has 2 aromatic carbocycles. The van der Waals surface area contributed by atoms with Gasteiger partial charge in [-0.3, -0.25) is 9.78 Å². The van der Waals surface area contributed by atoms with Gasteiger partial charge in [-0.25, -0.2) is 8.42 Å². The van der Waals surface area contributed by atoms with Gasteiger partial charge in [0.1, 0.15) is 0 Å². The average Bonchev–Trinajstić information content (AvgIpc) is 2.72. The molecule has 0 fully saturated rings. The van der Waals surface area contributed by atoms with Crippen molar-refractivity contribution in [3.8, 4) is 0 Å². The lowest BCUT2D eigenvalue weighted by Crippen LogP contribution is -2.30. The maximum absolute atomic E-state index is 12.6.